The molecule has 0 unspecified atom stereocenters. The van der Waals surface area contributed by atoms with Crippen molar-refractivity contribution in [1.82, 2.24) is 9.29 Å². The number of benzene rings is 1. The van der Waals surface area contributed by atoms with Gasteiger partial charge in [-0.2, -0.15) is 0 Å². The molecule has 2 heterocycles. The molecule has 0 saturated carbocycles. The largest absolute Gasteiger partial charge is 0.371 e. The van der Waals surface area contributed by atoms with E-state index in [9.17, 15) is 13.2 Å². The first kappa shape index (κ1) is 20.3. The lowest BCUT2D eigenvalue weighted by molar-refractivity contribution is 0.102. The second-order valence-corrected chi connectivity index (χ2v) is 9.31. The molecule has 1 N–H and O–H groups in total. The number of pyridine rings is 1. The minimum atomic E-state index is -3.64. The number of nitrogens with zero attached hydrogens (tertiary/aromatic N) is 3. The van der Waals surface area contributed by atoms with Gasteiger partial charge in [-0.3, -0.25) is 9.78 Å². The number of aromatic nitrogens is 1. The number of carbonyl (C=O) groups excluding carboxylic acids is 1. The monoisotopic (exact) mass is 402 g/mol. The summed E-state index contributed by atoms with van der Waals surface area (Å²) < 4.78 is 26.3. The van der Waals surface area contributed by atoms with E-state index in [0.29, 0.717) is 11.3 Å². The Morgan fingerprint density at radius 1 is 1.14 bits per heavy atom. The van der Waals surface area contributed by atoms with E-state index < -0.39 is 10.0 Å². The molecule has 150 valence electrons. The van der Waals surface area contributed by atoms with Crippen LogP contribution in [0.1, 0.15) is 35.2 Å². The van der Waals surface area contributed by atoms with Crippen molar-refractivity contribution in [3.63, 3.8) is 0 Å². The first-order chi connectivity index (χ1) is 13.3. The van der Waals surface area contributed by atoms with Crippen molar-refractivity contribution in [2.45, 2.75) is 31.1 Å². The fourth-order valence-corrected chi connectivity index (χ4v) is 4.19. The highest BCUT2D eigenvalue weighted by Gasteiger charge is 2.24. The molecule has 1 aromatic heterocycles. The molecule has 1 aliphatic rings. The number of hydrogen-bond donors (Lipinski definition) is 1. The average Bonchev–Trinajstić information content (AvgIpc) is 2.69. The second kappa shape index (κ2) is 8.28. The van der Waals surface area contributed by atoms with Crippen molar-refractivity contribution in [1.29, 1.82) is 0 Å². The van der Waals surface area contributed by atoms with Crippen LogP contribution in [0.25, 0.3) is 0 Å². The van der Waals surface area contributed by atoms with Gasteiger partial charge in [0.2, 0.25) is 10.0 Å². The zero-order valence-electron chi connectivity index (χ0n) is 16.5. The van der Waals surface area contributed by atoms with E-state index >= 15 is 0 Å². The molecule has 0 atom stereocenters. The zero-order chi connectivity index (χ0) is 20.3. The molecule has 0 aliphatic carbocycles. The van der Waals surface area contributed by atoms with Crippen LogP contribution in [0, 0.1) is 6.92 Å². The first-order valence-electron chi connectivity index (χ1n) is 9.34. The topological polar surface area (TPSA) is 82.6 Å². The summed E-state index contributed by atoms with van der Waals surface area (Å²) in [5, 5.41) is 2.88. The molecular weight excluding hydrogens is 376 g/mol. The first-order valence-corrected chi connectivity index (χ1v) is 10.8. The third-order valence-electron chi connectivity index (χ3n) is 4.98. The molecule has 1 saturated heterocycles. The number of hydrogen-bond acceptors (Lipinski definition) is 5. The van der Waals surface area contributed by atoms with Crippen molar-refractivity contribution in [3.8, 4) is 0 Å². The number of aryl methyl sites for hydroxylation is 1. The van der Waals surface area contributed by atoms with E-state index in [1.165, 1.54) is 26.6 Å². The quantitative estimate of drug-likeness (QED) is 0.832. The number of amides is 1. The van der Waals surface area contributed by atoms with Crippen LogP contribution in [0.4, 0.5) is 11.4 Å². The Kier molecular flexibility index (Phi) is 6.00. The fourth-order valence-electron chi connectivity index (χ4n) is 3.26. The number of nitrogens with one attached hydrogen (secondary N) is 1. The normalized spacial score (nSPS) is 14.9. The van der Waals surface area contributed by atoms with E-state index in [-0.39, 0.29) is 10.8 Å². The van der Waals surface area contributed by atoms with E-state index in [1.54, 1.807) is 24.5 Å². The maximum absolute atomic E-state index is 13.1. The lowest BCUT2D eigenvalue weighted by atomic mass is 10.1. The Bertz CT molecular complexity index is 967. The summed E-state index contributed by atoms with van der Waals surface area (Å²) in [6.45, 7) is 3.59. The Labute approximate surface area is 166 Å². The van der Waals surface area contributed by atoms with E-state index in [4.69, 9.17) is 0 Å². The molecule has 1 aliphatic heterocycles. The molecule has 1 aromatic carbocycles. The van der Waals surface area contributed by atoms with Crippen LogP contribution in [0.5, 0.6) is 0 Å². The number of rotatable bonds is 5. The molecule has 0 spiro atoms. The van der Waals surface area contributed by atoms with Gasteiger partial charge in [0.05, 0.1) is 22.3 Å². The van der Waals surface area contributed by atoms with Crippen molar-refractivity contribution in [3.05, 3.63) is 47.8 Å². The van der Waals surface area contributed by atoms with Gasteiger partial charge in [-0.25, -0.2) is 12.7 Å². The van der Waals surface area contributed by atoms with E-state index in [0.717, 1.165) is 41.5 Å². The van der Waals surface area contributed by atoms with Crippen LogP contribution in [-0.4, -0.2) is 50.8 Å². The predicted molar refractivity (Wildman–Crippen MR) is 110 cm³/mol. The highest BCUT2D eigenvalue weighted by atomic mass is 32.2. The van der Waals surface area contributed by atoms with Crippen LogP contribution in [0.3, 0.4) is 0 Å². The summed E-state index contributed by atoms with van der Waals surface area (Å²) in [5.41, 5.74) is 2.61. The van der Waals surface area contributed by atoms with Crippen molar-refractivity contribution in [2.24, 2.45) is 0 Å². The third-order valence-corrected chi connectivity index (χ3v) is 6.79. The van der Waals surface area contributed by atoms with Gasteiger partial charge in [0.25, 0.3) is 5.91 Å². The number of piperidine rings is 1. The Hall–Kier alpha value is -2.45. The molecule has 1 amide bonds. The predicted octanol–water partition coefficient (Wildman–Crippen LogP) is 2.88. The van der Waals surface area contributed by atoms with Gasteiger partial charge < -0.3 is 10.2 Å². The maximum Gasteiger partial charge on any atom is 0.257 e. The summed E-state index contributed by atoms with van der Waals surface area (Å²) >= 11 is 0. The molecule has 3 rings (SSSR count). The van der Waals surface area contributed by atoms with E-state index in [1.807, 2.05) is 13.0 Å². The van der Waals surface area contributed by atoms with Gasteiger partial charge in [0, 0.05) is 39.1 Å². The standard InChI is InChI=1S/C20H26N4O3S/c1-15-9-10-21-14-18(15)22-20(25)17-13-16(28(26,27)23(2)3)7-8-19(17)24-11-5-4-6-12-24/h7-10,13-14H,4-6,11-12H2,1-3H3,(H,22,25). The minimum Gasteiger partial charge on any atom is -0.371 e. The molecule has 7 nitrogen and oxygen atoms in total. The number of carbonyl (C=O) groups is 1. The van der Waals surface area contributed by atoms with Crippen LogP contribution in [0.15, 0.2) is 41.6 Å². The van der Waals surface area contributed by atoms with Crippen molar-refractivity contribution in [2.75, 3.05) is 37.4 Å². The summed E-state index contributed by atoms with van der Waals surface area (Å²) in [6, 6.07) is 6.60. The van der Waals surface area contributed by atoms with Crippen LogP contribution in [-0.2, 0) is 10.0 Å². The number of sulfonamides is 1. The Balaban J connectivity index is 2.03. The molecule has 2 aromatic rings. The smallest absolute Gasteiger partial charge is 0.257 e. The zero-order valence-corrected chi connectivity index (χ0v) is 17.3. The van der Waals surface area contributed by atoms with Crippen LogP contribution < -0.4 is 10.2 Å². The van der Waals surface area contributed by atoms with Gasteiger partial charge in [-0.1, -0.05) is 0 Å². The molecule has 8 heteroatoms. The van der Waals surface area contributed by atoms with Gasteiger partial charge >= 0.3 is 0 Å². The summed E-state index contributed by atoms with van der Waals surface area (Å²) in [5.74, 6) is -0.340. The lowest BCUT2D eigenvalue weighted by Crippen LogP contribution is -2.32. The van der Waals surface area contributed by atoms with Crippen molar-refractivity contribution >= 4 is 27.3 Å². The van der Waals surface area contributed by atoms with Gasteiger partial charge in [0.15, 0.2) is 0 Å². The molecule has 28 heavy (non-hydrogen) atoms. The molecule has 1 fully saturated rings. The van der Waals surface area contributed by atoms with E-state index in [2.05, 4.69) is 15.2 Å². The fraction of sp³-hybridized carbons (Fsp3) is 0.400. The van der Waals surface area contributed by atoms with Gasteiger partial charge in [-0.15, -0.1) is 0 Å². The molecular formula is C20H26N4O3S. The second-order valence-electron chi connectivity index (χ2n) is 7.16. The van der Waals surface area contributed by atoms with Crippen LogP contribution in [0.2, 0.25) is 0 Å². The Morgan fingerprint density at radius 2 is 1.86 bits per heavy atom. The van der Waals surface area contributed by atoms with Crippen molar-refractivity contribution < 1.29 is 13.2 Å². The average molecular weight is 403 g/mol. The maximum atomic E-state index is 13.1. The minimum absolute atomic E-state index is 0.103. The Morgan fingerprint density at radius 3 is 2.50 bits per heavy atom. The van der Waals surface area contributed by atoms with Crippen LogP contribution >= 0.6 is 0 Å². The van der Waals surface area contributed by atoms with Gasteiger partial charge in [0.1, 0.15) is 0 Å². The highest BCUT2D eigenvalue weighted by molar-refractivity contribution is 7.89. The van der Waals surface area contributed by atoms with Gasteiger partial charge in [-0.05, 0) is 56.0 Å². The summed E-state index contributed by atoms with van der Waals surface area (Å²) in [7, 11) is -0.681. The lowest BCUT2D eigenvalue weighted by Gasteiger charge is -2.30. The third kappa shape index (κ3) is 4.18. The molecule has 0 bridgehead atoms. The summed E-state index contributed by atoms with van der Waals surface area (Å²) in [6.07, 6.45) is 6.53. The highest BCUT2D eigenvalue weighted by Crippen LogP contribution is 2.29. The molecule has 0 radical (unpaired) electrons. The SMILES string of the molecule is Cc1ccncc1NC(=O)c1cc(S(=O)(=O)N(C)C)ccc1N1CCCCC1. The number of anilines is 2. The summed E-state index contributed by atoms with van der Waals surface area (Å²) in [4.78, 5) is 19.4.